The monoisotopic (exact) mass is 583 g/mol. The molecule has 0 aromatic heterocycles. The topological polar surface area (TPSA) is 56.6 Å². The number of nitrogens with zero attached hydrogens (tertiary/aromatic N) is 3. The van der Waals surface area contributed by atoms with Crippen LogP contribution in [0.2, 0.25) is 0 Å². The molecule has 1 aliphatic heterocycles. The van der Waals surface area contributed by atoms with Crippen molar-refractivity contribution < 1.29 is 35.9 Å². The third-order valence-electron chi connectivity index (χ3n) is 5.99. The number of hydrogen-bond acceptors (Lipinski definition) is 3. The summed E-state index contributed by atoms with van der Waals surface area (Å²) in [4.78, 5) is 15.2. The maximum atomic E-state index is 15.0. The zero-order valence-corrected chi connectivity index (χ0v) is 20.4. The predicted molar refractivity (Wildman–Crippen MR) is 126 cm³/mol. The van der Waals surface area contributed by atoms with Crippen molar-refractivity contribution in [3.8, 4) is 11.8 Å². The van der Waals surface area contributed by atoms with E-state index in [0.717, 1.165) is 30.0 Å². The van der Waals surface area contributed by atoms with Crippen LogP contribution >= 0.6 is 15.9 Å². The van der Waals surface area contributed by atoms with Crippen molar-refractivity contribution in [2.24, 2.45) is 0 Å². The van der Waals surface area contributed by atoms with Gasteiger partial charge < -0.3 is 4.74 Å². The van der Waals surface area contributed by atoms with Gasteiger partial charge in [-0.1, -0.05) is 28.1 Å². The van der Waals surface area contributed by atoms with Crippen LogP contribution in [0.4, 0.5) is 42.5 Å². The number of ether oxygens (including phenoxy) is 1. The summed E-state index contributed by atoms with van der Waals surface area (Å²) in [7, 11) is 0. The third-order valence-corrected chi connectivity index (χ3v) is 6.52. The molecule has 0 aliphatic carbocycles. The lowest BCUT2D eigenvalue weighted by atomic mass is 9.85. The maximum absolute atomic E-state index is 15.0. The Balaban J connectivity index is 1.97. The summed E-state index contributed by atoms with van der Waals surface area (Å²) in [6.45, 7) is 0.809. The molecule has 2 amide bonds. The zero-order valence-electron chi connectivity index (χ0n) is 18.8. The molecule has 4 rings (SSSR count). The van der Waals surface area contributed by atoms with Gasteiger partial charge in [0.25, 0.3) is 0 Å². The lowest BCUT2D eigenvalue weighted by Gasteiger charge is -2.40. The van der Waals surface area contributed by atoms with Crippen LogP contribution in [0.5, 0.6) is 5.75 Å². The van der Waals surface area contributed by atoms with Crippen molar-refractivity contribution in [3.63, 3.8) is 0 Å². The number of carbonyl (C=O) groups is 1. The lowest BCUT2D eigenvalue weighted by molar-refractivity contribution is -0.274. The quantitative estimate of drug-likeness (QED) is 0.295. The molecule has 2 atom stereocenters. The molecule has 0 N–H and O–H groups in total. The van der Waals surface area contributed by atoms with E-state index >= 15 is 0 Å². The molecule has 3 aromatic rings. The molecule has 12 heteroatoms. The summed E-state index contributed by atoms with van der Waals surface area (Å²) in [5, 5.41) is 9.07. The molecule has 0 saturated carbocycles. The van der Waals surface area contributed by atoms with Crippen LogP contribution in [0.3, 0.4) is 0 Å². The second-order valence-corrected chi connectivity index (χ2v) is 9.21. The molecule has 37 heavy (non-hydrogen) atoms. The number of nitriles is 1. The third kappa shape index (κ3) is 4.83. The summed E-state index contributed by atoms with van der Waals surface area (Å²) in [5.74, 6) is -0.727. The van der Waals surface area contributed by atoms with Crippen molar-refractivity contribution >= 4 is 33.3 Å². The van der Waals surface area contributed by atoms with Gasteiger partial charge in [0.05, 0.1) is 17.7 Å². The van der Waals surface area contributed by atoms with Gasteiger partial charge in [0.1, 0.15) is 5.75 Å². The van der Waals surface area contributed by atoms with Gasteiger partial charge in [-0.05, 0) is 73.2 Å². The van der Waals surface area contributed by atoms with E-state index in [1.807, 2.05) is 6.07 Å². The summed E-state index contributed by atoms with van der Waals surface area (Å²) in [6.07, 6.45) is -10.1. The Labute approximate surface area is 215 Å². The number of alkyl halides is 6. The van der Waals surface area contributed by atoms with Crippen LogP contribution in [0.1, 0.15) is 24.1 Å². The van der Waals surface area contributed by atoms with E-state index in [1.54, 1.807) is 0 Å². The number of benzene rings is 3. The molecule has 1 fully saturated rings. The van der Waals surface area contributed by atoms with Crippen LogP contribution in [0.25, 0.3) is 0 Å². The molecular formula is C25H16BrF6N3O2. The van der Waals surface area contributed by atoms with Gasteiger partial charge in [-0.2, -0.15) is 18.4 Å². The Kier molecular flexibility index (Phi) is 6.62. The Morgan fingerprint density at radius 2 is 1.54 bits per heavy atom. The SMILES string of the molecule is CC1(C(F)(F)F)C(c2cccc(OC(F)(F)F)c2)N(c2ccc(Br)cc2)C(=O)N1c1ccc(C#N)cc1. The van der Waals surface area contributed by atoms with Crippen molar-refractivity contribution in [1.29, 1.82) is 5.26 Å². The smallest absolute Gasteiger partial charge is 0.406 e. The van der Waals surface area contributed by atoms with Crippen LogP contribution in [0.15, 0.2) is 77.3 Å². The zero-order chi connectivity index (χ0) is 27.2. The van der Waals surface area contributed by atoms with Gasteiger partial charge in [-0.25, -0.2) is 4.79 Å². The molecule has 5 nitrogen and oxygen atoms in total. The van der Waals surface area contributed by atoms with Crippen molar-refractivity contribution in [3.05, 3.63) is 88.4 Å². The highest BCUT2D eigenvalue weighted by molar-refractivity contribution is 9.10. The normalized spacial score (nSPS) is 20.2. The maximum Gasteiger partial charge on any atom is 0.573 e. The van der Waals surface area contributed by atoms with E-state index < -0.39 is 35.9 Å². The Bertz CT molecular complexity index is 1350. The van der Waals surface area contributed by atoms with Gasteiger partial charge in [0.2, 0.25) is 0 Å². The molecule has 2 unspecified atom stereocenters. The number of urea groups is 1. The minimum atomic E-state index is -5.07. The van der Waals surface area contributed by atoms with E-state index in [4.69, 9.17) is 5.26 Å². The first-order chi connectivity index (χ1) is 17.3. The van der Waals surface area contributed by atoms with E-state index in [2.05, 4.69) is 20.7 Å². The standard InChI is InChI=1S/C25H16BrF6N3O2/c1-23(24(27,28)29)21(16-3-2-4-20(13-16)37-25(30,31)32)34(18-11-7-17(26)8-12-18)22(36)35(23)19-9-5-15(14-33)6-10-19/h2-13,21H,1H3. The lowest BCUT2D eigenvalue weighted by Crippen LogP contribution is -2.57. The highest BCUT2D eigenvalue weighted by Gasteiger charge is 2.69. The number of anilines is 2. The summed E-state index contributed by atoms with van der Waals surface area (Å²) >= 11 is 3.24. The fourth-order valence-electron chi connectivity index (χ4n) is 4.35. The van der Waals surface area contributed by atoms with Gasteiger partial charge in [-0.3, -0.25) is 9.80 Å². The first-order valence-corrected chi connectivity index (χ1v) is 11.4. The van der Waals surface area contributed by atoms with Crippen LogP contribution in [-0.2, 0) is 0 Å². The van der Waals surface area contributed by atoms with Crippen molar-refractivity contribution in [2.45, 2.75) is 31.0 Å². The number of rotatable bonds is 4. The fourth-order valence-corrected chi connectivity index (χ4v) is 4.62. The first kappa shape index (κ1) is 26.3. The van der Waals surface area contributed by atoms with Gasteiger partial charge in [-0.15, -0.1) is 13.2 Å². The van der Waals surface area contributed by atoms with Crippen molar-refractivity contribution in [2.75, 3.05) is 9.80 Å². The molecule has 192 valence electrons. The van der Waals surface area contributed by atoms with Crippen LogP contribution in [0, 0.1) is 11.3 Å². The molecule has 0 bridgehead atoms. The Morgan fingerprint density at radius 1 is 0.946 bits per heavy atom. The Morgan fingerprint density at radius 3 is 2.08 bits per heavy atom. The minimum Gasteiger partial charge on any atom is -0.406 e. The largest absolute Gasteiger partial charge is 0.573 e. The average Bonchev–Trinajstić information content (AvgIpc) is 3.06. The number of amides is 2. The molecule has 0 radical (unpaired) electrons. The van der Waals surface area contributed by atoms with Gasteiger partial charge in [0, 0.05) is 15.8 Å². The second kappa shape index (κ2) is 9.30. The second-order valence-electron chi connectivity index (χ2n) is 8.29. The number of carbonyl (C=O) groups excluding carboxylic acids is 1. The van der Waals surface area contributed by atoms with Gasteiger partial charge in [0.15, 0.2) is 5.54 Å². The molecule has 1 aliphatic rings. The summed E-state index contributed by atoms with van der Waals surface area (Å²) in [6, 6.07) is 14.0. The fraction of sp³-hybridized carbons (Fsp3) is 0.200. The molecule has 1 heterocycles. The van der Waals surface area contributed by atoms with E-state index in [-0.39, 0.29) is 22.5 Å². The van der Waals surface area contributed by atoms with Gasteiger partial charge >= 0.3 is 18.6 Å². The van der Waals surface area contributed by atoms with E-state index in [9.17, 15) is 31.1 Å². The molecule has 1 saturated heterocycles. The average molecular weight is 584 g/mol. The highest BCUT2D eigenvalue weighted by Crippen LogP contribution is 2.55. The summed E-state index contributed by atoms with van der Waals surface area (Å²) in [5.41, 5.74) is -3.05. The van der Waals surface area contributed by atoms with Crippen LogP contribution < -0.4 is 14.5 Å². The predicted octanol–water partition coefficient (Wildman–Crippen LogP) is 7.73. The molecule has 3 aromatic carbocycles. The summed E-state index contributed by atoms with van der Waals surface area (Å²) < 4.78 is 88.1. The van der Waals surface area contributed by atoms with E-state index in [1.165, 1.54) is 54.6 Å². The van der Waals surface area contributed by atoms with E-state index in [0.29, 0.717) is 9.37 Å². The van der Waals surface area contributed by atoms with Crippen LogP contribution in [-0.4, -0.2) is 24.1 Å². The molecular weight excluding hydrogens is 568 g/mol. The molecule has 0 spiro atoms. The minimum absolute atomic E-state index is 0.0898. The number of halogens is 7. The highest BCUT2D eigenvalue weighted by atomic mass is 79.9. The Hall–Kier alpha value is -3.72. The van der Waals surface area contributed by atoms with Crippen molar-refractivity contribution in [1.82, 2.24) is 0 Å². The number of hydrogen-bond donors (Lipinski definition) is 0. The first-order valence-electron chi connectivity index (χ1n) is 10.6.